The van der Waals surface area contributed by atoms with Crippen molar-refractivity contribution < 1.29 is 40.5 Å². The van der Waals surface area contributed by atoms with Gasteiger partial charge in [-0.15, -0.1) is 0 Å². The summed E-state index contributed by atoms with van der Waals surface area (Å²) in [5.74, 6) is -1.38. The quantitative estimate of drug-likeness (QED) is 0.297. The Morgan fingerprint density at radius 1 is 0.971 bits per heavy atom. The number of carbonyl (C=O) groups is 1. The number of rotatable bonds is 5. The van der Waals surface area contributed by atoms with Crippen LogP contribution in [-0.2, 0) is 4.79 Å². The second-order valence-corrected chi connectivity index (χ2v) is 13.3. The molecule has 0 radical (unpaired) electrons. The van der Waals surface area contributed by atoms with Gasteiger partial charge in [-0.3, -0.25) is 4.79 Å². The van der Waals surface area contributed by atoms with Crippen molar-refractivity contribution in [2.75, 3.05) is 0 Å². The highest BCUT2D eigenvalue weighted by Crippen LogP contribution is 2.69. The molecule has 0 aromatic heterocycles. The summed E-state index contributed by atoms with van der Waals surface area (Å²) in [5.41, 5.74) is -7.07. The normalized spacial score (nSPS) is 48.3. The average Bonchev–Trinajstić information content (AvgIpc) is 3.01. The summed E-state index contributed by atoms with van der Waals surface area (Å²) in [5, 5.41) is 77.0. The Labute approximate surface area is 207 Å². The van der Waals surface area contributed by atoms with Crippen molar-refractivity contribution in [3.63, 3.8) is 0 Å². The van der Waals surface area contributed by atoms with Crippen molar-refractivity contribution in [3.05, 3.63) is 11.6 Å². The van der Waals surface area contributed by atoms with Gasteiger partial charge in [0.1, 0.15) is 5.60 Å². The van der Waals surface area contributed by atoms with Crippen LogP contribution in [-0.4, -0.2) is 82.2 Å². The van der Waals surface area contributed by atoms with Gasteiger partial charge in [-0.25, -0.2) is 0 Å². The van der Waals surface area contributed by atoms with Crippen molar-refractivity contribution in [1.29, 1.82) is 0 Å². The number of fused-ring (bicyclic) bond motifs is 5. The molecule has 3 saturated carbocycles. The van der Waals surface area contributed by atoms with Gasteiger partial charge in [-0.1, -0.05) is 13.8 Å². The van der Waals surface area contributed by atoms with Gasteiger partial charge < -0.3 is 35.7 Å². The molecule has 0 unspecified atom stereocenters. The molecule has 0 amide bonds. The molecule has 8 heteroatoms. The largest absolute Gasteiger partial charge is 0.390 e. The second-order valence-electron chi connectivity index (χ2n) is 13.3. The Morgan fingerprint density at radius 3 is 2.17 bits per heavy atom. The van der Waals surface area contributed by atoms with E-state index < -0.39 is 63.2 Å². The number of aliphatic hydroxyl groups excluding tert-OH is 3. The molecule has 0 spiro atoms. The van der Waals surface area contributed by atoms with Gasteiger partial charge in [-0.2, -0.15) is 0 Å². The second kappa shape index (κ2) is 8.06. The molecule has 0 heterocycles. The van der Waals surface area contributed by atoms with Gasteiger partial charge in [-0.05, 0) is 89.2 Å². The molecule has 3 fully saturated rings. The minimum atomic E-state index is -1.82. The highest BCUT2D eigenvalue weighted by molar-refractivity contribution is 6.00. The lowest BCUT2D eigenvalue weighted by Crippen LogP contribution is -2.69. The van der Waals surface area contributed by atoms with Gasteiger partial charge in [0.15, 0.2) is 5.78 Å². The third kappa shape index (κ3) is 3.70. The van der Waals surface area contributed by atoms with Crippen LogP contribution >= 0.6 is 0 Å². The van der Waals surface area contributed by atoms with E-state index in [1.54, 1.807) is 27.7 Å². The first-order chi connectivity index (χ1) is 15.8. The van der Waals surface area contributed by atoms with Gasteiger partial charge in [0.2, 0.25) is 0 Å². The number of carbonyl (C=O) groups excluding carboxylic acids is 1. The Morgan fingerprint density at radius 2 is 1.57 bits per heavy atom. The smallest absolute Gasteiger partial charge is 0.187 e. The van der Waals surface area contributed by atoms with E-state index >= 15 is 0 Å². The minimum Gasteiger partial charge on any atom is -0.390 e. The Kier molecular flexibility index (Phi) is 6.26. The zero-order valence-electron chi connectivity index (χ0n) is 21.7. The van der Waals surface area contributed by atoms with Gasteiger partial charge in [0.05, 0.1) is 35.1 Å². The number of aliphatic hydroxyl groups is 7. The first-order valence-electron chi connectivity index (χ1n) is 13.0. The zero-order valence-corrected chi connectivity index (χ0v) is 21.7. The lowest BCUT2D eigenvalue weighted by molar-refractivity contribution is -0.211. The van der Waals surface area contributed by atoms with Crippen LogP contribution in [0.2, 0.25) is 0 Å². The zero-order chi connectivity index (χ0) is 26.4. The standard InChI is InChI=1S/C27H44O8/c1-22(2,32)9-8-20(30)25(5,33)19-7-11-26(34)16-12-21(31)27(35)14-18(29)17(28)13-24(27,4)15(16)6-10-23(19,26)3/h12,15,17-20,28-30,32-35H,6-11,13-14H2,1-5H3/t15-,17+,18-,19+,20-,23+,24+,25+,26-,27+/m0/s1. The van der Waals surface area contributed by atoms with Crippen LogP contribution in [0.4, 0.5) is 0 Å². The van der Waals surface area contributed by atoms with Crippen molar-refractivity contribution in [2.45, 2.75) is 127 Å². The summed E-state index contributed by atoms with van der Waals surface area (Å²) >= 11 is 0. The number of ketones is 1. The molecular formula is C27H44O8. The molecule has 8 nitrogen and oxygen atoms in total. The SMILES string of the molecule is CC(C)(O)CC[C@H](O)[C@](C)(O)[C@@H]1CC[C@]2(O)C3=CC(=O)[C@]4(O)C[C@H](O)[C@H](O)C[C@]4(C)[C@H]3CC[C@]12C. The molecule has 7 N–H and O–H groups in total. The van der Waals surface area contributed by atoms with Gasteiger partial charge in [0.25, 0.3) is 0 Å². The van der Waals surface area contributed by atoms with Crippen molar-refractivity contribution in [2.24, 2.45) is 22.7 Å². The maximum atomic E-state index is 13.3. The molecule has 0 bridgehead atoms. The third-order valence-corrected chi connectivity index (χ3v) is 10.7. The van der Waals surface area contributed by atoms with Crippen molar-refractivity contribution in [1.82, 2.24) is 0 Å². The van der Waals surface area contributed by atoms with E-state index in [4.69, 9.17) is 0 Å². The van der Waals surface area contributed by atoms with E-state index in [-0.39, 0.29) is 25.2 Å². The first-order valence-corrected chi connectivity index (χ1v) is 13.0. The molecule has 4 aliphatic carbocycles. The summed E-state index contributed by atoms with van der Waals surface area (Å²) in [7, 11) is 0. The van der Waals surface area contributed by atoms with E-state index in [9.17, 15) is 40.5 Å². The molecule has 4 aliphatic rings. The maximum absolute atomic E-state index is 13.3. The van der Waals surface area contributed by atoms with Crippen LogP contribution in [0.25, 0.3) is 0 Å². The van der Waals surface area contributed by atoms with E-state index in [1.807, 2.05) is 6.92 Å². The Balaban J connectivity index is 1.70. The highest BCUT2D eigenvalue weighted by Gasteiger charge is 2.71. The van der Waals surface area contributed by atoms with E-state index in [0.717, 1.165) is 0 Å². The maximum Gasteiger partial charge on any atom is 0.187 e. The summed E-state index contributed by atoms with van der Waals surface area (Å²) in [6.07, 6.45) is 0.0884. The van der Waals surface area contributed by atoms with Crippen LogP contribution in [0.5, 0.6) is 0 Å². The van der Waals surface area contributed by atoms with Crippen LogP contribution in [0.1, 0.15) is 86.0 Å². The number of hydrogen-bond acceptors (Lipinski definition) is 8. The molecular weight excluding hydrogens is 452 g/mol. The monoisotopic (exact) mass is 496 g/mol. The molecule has 0 aromatic rings. The van der Waals surface area contributed by atoms with Crippen LogP contribution in [0.15, 0.2) is 11.6 Å². The third-order valence-electron chi connectivity index (χ3n) is 10.7. The lowest BCUT2D eigenvalue weighted by Gasteiger charge is -2.62. The molecule has 0 aliphatic heterocycles. The van der Waals surface area contributed by atoms with E-state index in [2.05, 4.69) is 0 Å². The molecule has 200 valence electrons. The Hall–Kier alpha value is -0.870. The van der Waals surface area contributed by atoms with Gasteiger partial charge in [0, 0.05) is 17.3 Å². The summed E-state index contributed by atoms with van der Waals surface area (Å²) < 4.78 is 0. The fraction of sp³-hybridized carbons (Fsp3) is 0.889. The minimum absolute atomic E-state index is 0.0437. The Bertz CT molecular complexity index is 907. The fourth-order valence-electron chi connectivity index (χ4n) is 8.31. The van der Waals surface area contributed by atoms with E-state index in [1.165, 1.54) is 6.08 Å². The van der Waals surface area contributed by atoms with Crippen molar-refractivity contribution >= 4 is 5.78 Å². The summed E-state index contributed by atoms with van der Waals surface area (Å²) in [6, 6.07) is 0. The topological polar surface area (TPSA) is 159 Å². The molecule has 35 heavy (non-hydrogen) atoms. The summed E-state index contributed by atoms with van der Waals surface area (Å²) in [4.78, 5) is 13.3. The predicted octanol–water partition coefficient (Wildman–Crippen LogP) is 0.969. The highest BCUT2D eigenvalue weighted by atomic mass is 16.3. The van der Waals surface area contributed by atoms with Crippen LogP contribution in [0.3, 0.4) is 0 Å². The fourth-order valence-corrected chi connectivity index (χ4v) is 8.31. The van der Waals surface area contributed by atoms with Crippen LogP contribution in [0, 0.1) is 22.7 Å². The van der Waals surface area contributed by atoms with Crippen LogP contribution < -0.4 is 0 Å². The van der Waals surface area contributed by atoms with E-state index in [0.29, 0.717) is 37.7 Å². The molecule has 10 atom stereocenters. The average molecular weight is 497 g/mol. The first kappa shape index (κ1) is 27.2. The van der Waals surface area contributed by atoms with Crippen molar-refractivity contribution in [3.8, 4) is 0 Å². The number of hydrogen-bond donors (Lipinski definition) is 7. The molecule has 0 aromatic carbocycles. The lowest BCUT2D eigenvalue weighted by atomic mass is 9.44. The molecule has 0 saturated heterocycles. The summed E-state index contributed by atoms with van der Waals surface area (Å²) in [6.45, 7) is 8.58. The predicted molar refractivity (Wildman–Crippen MR) is 128 cm³/mol. The molecule has 4 rings (SSSR count). The van der Waals surface area contributed by atoms with Gasteiger partial charge >= 0.3 is 0 Å².